The van der Waals surface area contributed by atoms with Crippen molar-refractivity contribution in [3.63, 3.8) is 0 Å². The Kier molecular flexibility index (Phi) is 3.54. The molecule has 122 valence electrons. The number of carbonyl (C=O) groups is 1. The van der Waals surface area contributed by atoms with Gasteiger partial charge in [0.2, 0.25) is 5.82 Å². The fraction of sp³-hybridized carbons (Fsp3) is 0.400. The van der Waals surface area contributed by atoms with Gasteiger partial charge in [-0.1, -0.05) is 35.0 Å². The van der Waals surface area contributed by atoms with Crippen molar-refractivity contribution in [1.82, 2.24) is 10.1 Å². The van der Waals surface area contributed by atoms with E-state index in [0.717, 1.165) is 11.1 Å². The van der Waals surface area contributed by atoms with Crippen molar-refractivity contribution >= 4 is 12.0 Å². The molecular weight excluding hydrogens is 308 g/mol. The van der Waals surface area contributed by atoms with Crippen molar-refractivity contribution in [2.75, 3.05) is 11.9 Å². The highest BCUT2D eigenvalue weighted by atomic mass is 19.3. The summed E-state index contributed by atoms with van der Waals surface area (Å²) in [6.45, 7) is 1.76. The van der Waals surface area contributed by atoms with Crippen LogP contribution in [-0.4, -0.2) is 33.7 Å². The number of benzene rings is 1. The number of nitrogens with zero attached hydrogens (tertiary/aromatic N) is 2. The highest BCUT2D eigenvalue weighted by molar-refractivity contribution is 5.77. The van der Waals surface area contributed by atoms with E-state index >= 15 is 0 Å². The molecule has 0 aliphatic heterocycles. The molecular formula is C15H15F2N3O3. The quantitative estimate of drug-likeness (QED) is 0.879. The first-order chi connectivity index (χ1) is 10.8. The predicted octanol–water partition coefficient (Wildman–Crippen LogP) is 2.96. The van der Waals surface area contributed by atoms with Crippen LogP contribution in [0.5, 0.6) is 0 Å². The number of aliphatic carboxylic acids is 1. The molecule has 0 amide bonds. The normalized spacial score (nSPS) is 18.2. The first-order valence-electron chi connectivity index (χ1n) is 7.06. The number of halogens is 2. The van der Waals surface area contributed by atoms with Crippen LogP contribution in [0.4, 0.5) is 14.8 Å². The van der Waals surface area contributed by atoms with Crippen molar-refractivity contribution in [3.8, 4) is 11.4 Å². The van der Waals surface area contributed by atoms with E-state index in [2.05, 4.69) is 15.5 Å². The highest BCUT2D eigenvalue weighted by Gasteiger charge is 2.61. The van der Waals surface area contributed by atoms with Crippen LogP contribution in [0.1, 0.15) is 18.4 Å². The van der Waals surface area contributed by atoms with Crippen LogP contribution in [-0.2, 0) is 4.79 Å². The molecule has 0 atom stereocenters. The van der Waals surface area contributed by atoms with E-state index in [4.69, 9.17) is 9.63 Å². The zero-order chi connectivity index (χ0) is 16.7. The van der Waals surface area contributed by atoms with Gasteiger partial charge in [0.25, 0.3) is 5.92 Å². The smallest absolute Gasteiger partial charge is 0.321 e. The van der Waals surface area contributed by atoms with Crippen LogP contribution < -0.4 is 5.32 Å². The maximum atomic E-state index is 13.0. The number of carboxylic acids is 1. The molecule has 1 heterocycles. The number of hydrogen-bond acceptors (Lipinski definition) is 5. The maximum absolute atomic E-state index is 13.0. The largest absolute Gasteiger partial charge is 0.481 e. The summed E-state index contributed by atoms with van der Waals surface area (Å²) >= 11 is 0. The lowest BCUT2D eigenvalue weighted by molar-refractivity contribution is -0.190. The summed E-state index contributed by atoms with van der Waals surface area (Å²) < 4.78 is 31.1. The lowest BCUT2D eigenvalue weighted by Gasteiger charge is -2.43. The zero-order valence-corrected chi connectivity index (χ0v) is 12.3. The molecule has 1 aromatic carbocycles. The SMILES string of the molecule is Cc1ccc(-c2noc(NCC3(C(=O)O)CC(F)(F)C3)n2)cc1. The summed E-state index contributed by atoms with van der Waals surface area (Å²) in [5, 5.41) is 15.6. The van der Waals surface area contributed by atoms with E-state index in [-0.39, 0.29) is 12.6 Å². The molecule has 2 aromatic rings. The first-order valence-corrected chi connectivity index (χ1v) is 7.06. The van der Waals surface area contributed by atoms with Crippen LogP contribution in [0.2, 0.25) is 0 Å². The highest BCUT2D eigenvalue weighted by Crippen LogP contribution is 2.52. The molecule has 0 bridgehead atoms. The molecule has 0 radical (unpaired) electrons. The third-order valence-electron chi connectivity index (χ3n) is 3.96. The average molecular weight is 323 g/mol. The van der Waals surface area contributed by atoms with Gasteiger partial charge in [0.15, 0.2) is 0 Å². The number of anilines is 1. The van der Waals surface area contributed by atoms with Gasteiger partial charge in [-0.25, -0.2) is 8.78 Å². The molecule has 0 spiro atoms. The van der Waals surface area contributed by atoms with E-state index in [1.807, 2.05) is 31.2 Å². The van der Waals surface area contributed by atoms with Crippen LogP contribution in [0.15, 0.2) is 28.8 Å². The Morgan fingerprint density at radius 3 is 2.57 bits per heavy atom. The second kappa shape index (κ2) is 5.29. The van der Waals surface area contributed by atoms with Crippen molar-refractivity contribution in [1.29, 1.82) is 0 Å². The molecule has 1 fully saturated rings. The van der Waals surface area contributed by atoms with E-state index in [0.29, 0.717) is 5.82 Å². The number of rotatable bonds is 5. The number of aryl methyl sites for hydroxylation is 1. The standard InChI is InChI=1S/C15H15F2N3O3/c1-9-2-4-10(5-3-9)11-19-13(23-20-11)18-8-14(12(21)22)6-15(16,17)7-14/h2-5H,6-8H2,1H3,(H,21,22)(H,18,19,20). The van der Waals surface area contributed by atoms with Crippen molar-refractivity contribution in [2.45, 2.75) is 25.7 Å². The van der Waals surface area contributed by atoms with Gasteiger partial charge in [-0.05, 0) is 6.92 Å². The summed E-state index contributed by atoms with van der Waals surface area (Å²) in [5.74, 6) is -3.84. The van der Waals surface area contributed by atoms with Gasteiger partial charge in [-0.3, -0.25) is 4.79 Å². The molecule has 0 saturated heterocycles. The Balaban J connectivity index is 1.68. The average Bonchev–Trinajstić information content (AvgIpc) is 2.92. The summed E-state index contributed by atoms with van der Waals surface area (Å²) in [6, 6.07) is 7.46. The van der Waals surface area contributed by atoms with E-state index < -0.39 is 30.1 Å². The Morgan fingerprint density at radius 1 is 1.35 bits per heavy atom. The van der Waals surface area contributed by atoms with Gasteiger partial charge in [0, 0.05) is 24.9 Å². The second-order valence-electron chi connectivity index (χ2n) is 5.94. The molecule has 3 rings (SSSR count). The molecule has 6 nitrogen and oxygen atoms in total. The van der Waals surface area contributed by atoms with E-state index in [9.17, 15) is 13.6 Å². The molecule has 23 heavy (non-hydrogen) atoms. The van der Waals surface area contributed by atoms with Gasteiger partial charge in [0.1, 0.15) is 0 Å². The molecule has 2 N–H and O–H groups in total. The lowest BCUT2D eigenvalue weighted by atomic mass is 9.66. The molecule has 0 unspecified atom stereocenters. The monoisotopic (exact) mass is 323 g/mol. The number of nitrogens with one attached hydrogen (secondary N) is 1. The maximum Gasteiger partial charge on any atom is 0.321 e. The fourth-order valence-electron chi connectivity index (χ4n) is 2.65. The molecule has 1 aliphatic carbocycles. The number of aromatic nitrogens is 2. The minimum Gasteiger partial charge on any atom is -0.481 e. The third kappa shape index (κ3) is 3.01. The Morgan fingerprint density at radius 2 is 2.00 bits per heavy atom. The second-order valence-corrected chi connectivity index (χ2v) is 5.94. The van der Waals surface area contributed by atoms with Crippen LogP contribution in [0, 0.1) is 12.3 Å². The first kappa shape index (κ1) is 15.4. The van der Waals surface area contributed by atoms with E-state index in [1.165, 1.54) is 0 Å². The van der Waals surface area contributed by atoms with Gasteiger partial charge in [-0.15, -0.1) is 0 Å². The minimum atomic E-state index is -2.93. The number of carboxylic acid groups (broad SMARTS) is 1. The lowest BCUT2D eigenvalue weighted by Crippen LogP contribution is -2.54. The fourth-order valence-corrected chi connectivity index (χ4v) is 2.65. The zero-order valence-electron chi connectivity index (χ0n) is 12.3. The van der Waals surface area contributed by atoms with Gasteiger partial charge in [-0.2, -0.15) is 4.98 Å². The van der Waals surface area contributed by atoms with E-state index in [1.54, 1.807) is 0 Å². The topological polar surface area (TPSA) is 88.2 Å². The van der Waals surface area contributed by atoms with Crippen LogP contribution >= 0.6 is 0 Å². The van der Waals surface area contributed by atoms with Gasteiger partial charge in [0.05, 0.1) is 5.41 Å². The molecule has 8 heteroatoms. The van der Waals surface area contributed by atoms with Gasteiger partial charge < -0.3 is 14.9 Å². The third-order valence-corrected chi connectivity index (χ3v) is 3.96. The van der Waals surface area contributed by atoms with Crippen LogP contribution in [0.3, 0.4) is 0 Å². The number of alkyl halides is 2. The molecule has 1 aliphatic rings. The minimum absolute atomic E-state index is 0.0106. The Bertz CT molecular complexity index is 720. The number of hydrogen-bond donors (Lipinski definition) is 2. The summed E-state index contributed by atoms with van der Waals surface area (Å²) in [6.07, 6.45) is -1.39. The summed E-state index contributed by atoms with van der Waals surface area (Å²) in [4.78, 5) is 15.3. The summed E-state index contributed by atoms with van der Waals surface area (Å²) in [5.41, 5.74) is 0.336. The van der Waals surface area contributed by atoms with Crippen molar-refractivity contribution in [3.05, 3.63) is 29.8 Å². The predicted molar refractivity (Wildman–Crippen MR) is 77.2 cm³/mol. The van der Waals surface area contributed by atoms with Crippen LogP contribution in [0.25, 0.3) is 11.4 Å². The van der Waals surface area contributed by atoms with Crippen molar-refractivity contribution in [2.24, 2.45) is 5.41 Å². The molecule has 1 aromatic heterocycles. The summed E-state index contributed by atoms with van der Waals surface area (Å²) in [7, 11) is 0. The molecule has 1 saturated carbocycles. The van der Waals surface area contributed by atoms with Gasteiger partial charge >= 0.3 is 12.0 Å². The van der Waals surface area contributed by atoms with Crippen molar-refractivity contribution < 1.29 is 23.2 Å². The Hall–Kier alpha value is -2.51. The Labute approximate surface area is 130 Å².